The fourth-order valence-corrected chi connectivity index (χ4v) is 2.64. The zero-order valence-corrected chi connectivity index (χ0v) is 13.9. The van der Waals surface area contributed by atoms with Gasteiger partial charge in [0.1, 0.15) is 5.60 Å². The Morgan fingerprint density at radius 1 is 1.35 bits per heavy atom. The highest BCUT2D eigenvalue weighted by molar-refractivity contribution is 5.88. The van der Waals surface area contributed by atoms with Gasteiger partial charge < -0.3 is 20.1 Å². The number of alkyl carbamates (subject to hydrolysis) is 1. The highest BCUT2D eigenvalue weighted by atomic mass is 16.6. The normalized spacial score (nSPS) is 22.3. The number of β-lactam (4-membered cyclic amide) rings is 1. The number of benzene rings is 1. The number of aliphatic hydroxyl groups excluding tert-OH is 1. The first-order valence-electron chi connectivity index (χ1n) is 7.71. The van der Waals surface area contributed by atoms with Crippen molar-refractivity contribution in [1.29, 1.82) is 0 Å². The Balaban J connectivity index is 1.99. The van der Waals surface area contributed by atoms with E-state index in [9.17, 15) is 14.7 Å². The van der Waals surface area contributed by atoms with Crippen LogP contribution in [-0.2, 0) is 16.1 Å². The molecule has 0 saturated carbocycles. The van der Waals surface area contributed by atoms with Gasteiger partial charge in [-0.3, -0.25) is 4.79 Å². The van der Waals surface area contributed by atoms with E-state index in [2.05, 4.69) is 5.32 Å². The molecule has 1 saturated heterocycles. The van der Waals surface area contributed by atoms with Crippen molar-refractivity contribution in [2.45, 2.75) is 58.0 Å². The third kappa shape index (κ3) is 4.22. The Labute approximate surface area is 136 Å². The number of ether oxygens (including phenoxy) is 1. The lowest BCUT2D eigenvalue weighted by Gasteiger charge is -2.47. The number of amides is 2. The van der Waals surface area contributed by atoms with Crippen molar-refractivity contribution in [3.63, 3.8) is 0 Å². The van der Waals surface area contributed by atoms with Crippen LogP contribution in [0.2, 0.25) is 0 Å². The molecule has 3 atom stereocenters. The third-order valence-electron chi connectivity index (χ3n) is 3.67. The van der Waals surface area contributed by atoms with Crippen molar-refractivity contribution in [2.24, 2.45) is 0 Å². The molecular weight excluding hydrogens is 296 g/mol. The van der Waals surface area contributed by atoms with Crippen LogP contribution in [0.4, 0.5) is 4.79 Å². The molecule has 0 aliphatic carbocycles. The number of nitrogens with zero attached hydrogens (tertiary/aromatic N) is 1. The first-order valence-corrected chi connectivity index (χ1v) is 7.71. The predicted octanol–water partition coefficient (Wildman–Crippen LogP) is 1.67. The van der Waals surface area contributed by atoms with Crippen LogP contribution in [0, 0.1) is 0 Å². The monoisotopic (exact) mass is 320 g/mol. The Hall–Kier alpha value is -2.08. The Bertz CT molecular complexity index is 568. The van der Waals surface area contributed by atoms with Crippen molar-refractivity contribution in [3.8, 4) is 0 Å². The molecule has 0 radical (unpaired) electrons. The summed E-state index contributed by atoms with van der Waals surface area (Å²) >= 11 is 0. The summed E-state index contributed by atoms with van der Waals surface area (Å²) in [7, 11) is 0. The highest BCUT2D eigenvalue weighted by Crippen LogP contribution is 2.25. The van der Waals surface area contributed by atoms with Crippen LogP contribution in [0.25, 0.3) is 0 Å². The van der Waals surface area contributed by atoms with E-state index >= 15 is 0 Å². The van der Waals surface area contributed by atoms with E-state index in [0.717, 1.165) is 5.56 Å². The molecule has 2 rings (SSSR count). The molecule has 23 heavy (non-hydrogen) atoms. The molecule has 2 amide bonds. The van der Waals surface area contributed by atoms with Crippen LogP contribution >= 0.6 is 0 Å². The Morgan fingerprint density at radius 3 is 2.52 bits per heavy atom. The number of hydrogen-bond acceptors (Lipinski definition) is 4. The van der Waals surface area contributed by atoms with E-state index < -0.39 is 29.9 Å². The molecule has 1 aliphatic heterocycles. The van der Waals surface area contributed by atoms with Crippen LogP contribution in [0.5, 0.6) is 0 Å². The lowest BCUT2D eigenvalue weighted by Crippen LogP contribution is -2.70. The van der Waals surface area contributed by atoms with E-state index in [-0.39, 0.29) is 5.91 Å². The van der Waals surface area contributed by atoms with Gasteiger partial charge in [0.15, 0.2) is 6.10 Å². The summed E-state index contributed by atoms with van der Waals surface area (Å²) in [6, 6.07) is 8.65. The summed E-state index contributed by atoms with van der Waals surface area (Å²) in [5.41, 5.74) is 0.379. The summed E-state index contributed by atoms with van der Waals surface area (Å²) < 4.78 is 5.21. The van der Waals surface area contributed by atoms with Gasteiger partial charge in [-0.1, -0.05) is 30.3 Å². The summed E-state index contributed by atoms with van der Waals surface area (Å²) in [5.74, 6) is -0.323. The van der Waals surface area contributed by atoms with Gasteiger partial charge in [-0.25, -0.2) is 4.79 Å². The average molecular weight is 320 g/mol. The Morgan fingerprint density at radius 2 is 1.96 bits per heavy atom. The van der Waals surface area contributed by atoms with Gasteiger partial charge in [0.05, 0.1) is 12.1 Å². The first-order chi connectivity index (χ1) is 10.7. The maximum atomic E-state index is 11.9. The predicted molar refractivity (Wildman–Crippen MR) is 85.6 cm³/mol. The van der Waals surface area contributed by atoms with Gasteiger partial charge in [0.25, 0.3) is 5.91 Å². The number of carbonyl (C=O) groups is 2. The van der Waals surface area contributed by atoms with Gasteiger partial charge in [-0.2, -0.15) is 0 Å². The van der Waals surface area contributed by atoms with Crippen molar-refractivity contribution in [1.82, 2.24) is 10.2 Å². The minimum atomic E-state index is -1.09. The van der Waals surface area contributed by atoms with Gasteiger partial charge >= 0.3 is 6.09 Å². The standard InChI is InChI=1S/C17H24N2O4/c1-11(18-16(22)23-17(2,3)4)13-14(20)15(21)19(13)10-12-8-6-5-7-9-12/h5-9,11,13-14,20H,10H2,1-4H3,(H,18,22)/t11-,13+,14-/m0/s1. The number of nitrogens with one attached hydrogen (secondary N) is 1. The summed E-state index contributed by atoms with van der Waals surface area (Å²) in [6.45, 7) is 7.49. The lowest BCUT2D eigenvalue weighted by atomic mass is 9.91. The van der Waals surface area contributed by atoms with Crippen molar-refractivity contribution >= 4 is 12.0 Å². The van der Waals surface area contributed by atoms with E-state index in [1.54, 1.807) is 32.6 Å². The fourth-order valence-electron chi connectivity index (χ4n) is 2.64. The van der Waals surface area contributed by atoms with Gasteiger partial charge in [-0.05, 0) is 33.3 Å². The molecule has 0 spiro atoms. The molecule has 6 heteroatoms. The summed E-state index contributed by atoms with van der Waals surface area (Å²) in [6.07, 6.45) is -1.65. The molecule has 1 aliphatic rings. The van der Waals surface area contributed by atoms with Gasteiger partial charge in [0.2, 0.25) is 0 Å². The van der Waals surface area contributed by atoms with Crippen LogP contribution in [0.1, 0.15) is 33.3 Å². The summed E-state index contributed by atoms with van der Waals surface area (Å²) in [5, 5.41) is 12.6. The smallest absolute Gasteiger partial charge is 0.407 e. The first kappa shape index (κ1) is 17.3. The third-order valence-corrected chi connectivity index (χ3v) is 3.67. The minimum absolute atomic E-state index is 0.323. The molecular formula is C17H24N2O4. The number of aliphatic hydroxyl groups is 1. The summed E-state index contributed by atoms with van der Waals surface area (Å²) in [4.78, 5) is 25.3. The maximum absolute atomic E-state index is 11.9. The average Bonchev–Trinajstić information content (AvgIpc) is 2.45. The molecule has 6 nitrogen and oxygen atoms in total. The SMILES string of the molecule is C[C@H](NC(=O)OC(C)(C)C)[C@@H]1[C@H](O)C(=O)N1Cc1ccccc1. The number of hydrogen-bond donors (Lipinski definition) is 2. The molecule has 1 aromatic carbocycles. The maximum Gasteiger partial charge on any atom is 0.407 e. The molecule has 2 N–H and O–H groups in total. The highest BCUT2D eigenvalue weighted by Gasteiger charge is 2.49. The van der Waals surface area contributed by atoms with Crippen LogP contribution in [-0.4, -0.2) is 45.8 Å². The quantitative estimate of drug-likeness (QED) is 0.827. The van der Waals surface area contributed by atoms with E-state index in [1.165, 1.54) is 0 Å². The zero-order chi connectivity index (χ0) is 17.2. The number of rotatable bonds is 4. The molecule has 0 bridgehead atoms. The van der Waals surface area contributed by atoms with Crippen LogP contribution in [0.15, 0.2) is 30.3 Å². The molecule has 126 valence electrons. The van der Waals surface area contributed by atoms with Crippen LogP contribution < -0.4 is 5.32 Å². The van der Waals surface area contributed by atoms with Gasteiger partial charge in [0, 0.05) is 6.54 Å². The van der Waals surface area contributed by atoms with E-state index in [0.29, 0.717) is 6.54 Å². The minimum Gasteiger partial charge on any atom is -0.444 e. The molecule has 0 unspecified atom stereocenters. The lowest BCUT2D eigenvalue weighted by molar-refractivity contribution is -0.170. The van der Waals surface area contributed by atoms with Crippen molar-refractivity contribution in [3.05, 3.63) is 35.9 Å². The largest absolute Gasteiger partial charge is 0.444 e. The second-order valence-corrected chi connectivity index (χ2v) is 6.82. The Kier molecular flexibility index (Phi) is 4.94. The number of likely N-dealkylation sites (tertiary alicyclic amines) is 1. The van der Waals surface area contributed by atoms with E-state index in [4.69, 9.17) is 4.74 Å². The van der Waals surface area contributed by atoms with Crippen molar-refractivity contribution in [2.75, 3.05) is 0 Å². The topological polar surface area (TPSA) is 78.9 Å². The van der Waals surface area contributed by atoms with Crippen LogP contribution in [0.3, 0.4) is 0 Å². The second kappa shape index (κ2) is 6.58. The zero-order valence-electron chi connectivity index (χ0n) is 13.9. The van der Waals surface area contributed by atoms with Gasteiger partial charge in [-0.15, -0.1) is 0 Å². The fraction of sp³-hybridized carbons (Fsp3) is 0.529. The van der Waals surface area contributed by atoms with Crippen molar-refractivity contribution < 1.29 is 19.4 Å². The number of carbonyl (C=O) groups excluding carboxylic acids is 2. The second-order valence-electron chi connectivity index (χ2n) is 6.82. The molecule has 0 aromatic heterocycles. The van der Waals surface area contributed by atoms with E-state index in [1.807, 2.05) is 30.3 Å². The molecule has 1 aromatic rings. The molecule has 1 heterocycles. The molecule has 1 fully saturated rings.